The summed E-state index contributed by atoms with van der Waals surface area (Å²) in [6.07, 6.45) is 1.26. The molecule has 0 bridgehead atoms. The number of anilines is 2. The van der Waals surface area contributed by atoms with Crippen molar-refractivity contribution in [1.29, 1.82) is 0 Å². The summed E-state index contributed by atoms with van der Waals surface area (Å²) >= 11 is 24.3. The van der Waals surface area contributed by atoms with Crippen molar-refractivity contribution in [2.75, 3.05) is 23.9 Å². The van der Waals surface area contributed by atoms with Crippen LogP contribution in [0.15, 0.2) is 54.1 Å². The molecule has 5 amide bonds. The standard InChI is InChI=1S/C27H19Cl4N3O6/c1-13-3-4-15(28)10-21(13)34-26(37)17(25(36)33-27(34)38)7-14-8-20(31)24(22(9-14)39-2)40-12-23(35)32-16-5-6-18(29)19(30)11-16/h3-11H,12H2,1-2H3,(H,32,35)(H,33,36,38)/b17-7+. The molecule has 1 heterocycles. The summed E-state index contributed by atoms with van der Waals surface area (Å²) in [4.78, 5) is 51.6. The molecule has 40 heavy (non-hydrogen) atoms. The van der Waals surface area contributed by atoms with Gasteiger partial charge >= 0.3 is 6.03 Å². The Bertz CT molecular complexity index is 1590. The van der Waals surface area contributed by atoms with E-state index in [2.05, 4.69) is 10.6 Å². The number of nitrogens with zero attached hydrogens (tertiary/aromatic N) is 1. The molecule has 13 heteroatoms. The van der Waals surface area contributed by atoms with E-state index < -0.39 is 30.4 Å². The minimum absolute atomic E-state index is 0.0378. The van der Waals surface area contributed by atoms with Crippen LogP contribution in [0.2, 0.25) is 20.1 Å². The van der Waals surface area contributed by atoms with Crippen molar-refractivity contribution in [3.05, 3.63) is 85.3 Å². The normalized spacial score (nSPS) is 14.3. The van der Waals surface area contributed by atoms with E-state index in [4.69, 9.17) is 55.9 Å². The quantitative estimate of drug-likeness (QED) is 0.236. The minimum atomic E-state index is -0.906. The third-order valence-electron chi connectivity index (χ3n) is 5.63. The van der Waals surface area contributed by atoms with Crippen LogP contribution in [0.4, 0.5) is 16.2 Å². The Morgan fingerprint density at radius 2 is 1.73 bits per heavy atom. The van der Waals surface area contributed by atoms with Crippen LogP contribution in [0, 0.1) is 6.92 Å². The van der Waals surface area contributed by atoms with Crippen molar-refractivity contribution in [2.24, 2.45) is 0 Å². The first-order chi connectivity index (χ1) is 19.0. The van der Waals surface area contributed by atoms with Crippen molar-refractivity contribution in [2.45, 2.75) is 6.92 Å². The van der Waals surface area contributed by atoms with Gasteiger partial charge < -0.3 is 14.8 Å². The highest BCUT2D eigenvalue weighted by molar-refractivity contribution is 6.42. The molecular weight excluding hydrogens is 604 g/mol. The fourth-order valence-corrected chi connectivity index (χ4v) is 4.48. The molecule has 1 saturated heterocycles. The van der Waals surface area contributed by atoms with Gasteiger partial charge in [-0.15, -0.1) is 0 Å². The number of hydrogen-bond donors (Lipinski definition) is 2. The van der Waals surface area contributed by atoms with Crippen LogP contribution in [0.3, 0.4) is 0 Å². The number of amides is 5. The molecule has 1 fully saturated rings. The van der Waals surface area contributed by atoms with E-state index in [-0.39, 0.29) is 32.8 Å². The lowest BCUT2D eigenvalue weighted by Gasteiger charge is -2.27. The van der Waals surface area contributed by atoms with Crippen molar-refractivity contribution in [3.63, 3.8) is 0 Å². The molecule has 0 aliphatic carbocycles. The van der Waals surface area contributed by atoms with Gasteiger partial charge in [0.15, 0.2) is 18.1 Å². The summed E-state index contributed by atoms with van der Waals surface area (Å²) in [6, 6.07) is 11.3. The van der Waals surface area contributed by atoms with Gasteiger partial charge in [-0.05, 0) is 66.6 Å². The van der Waals surface area contributed by atoms with E-state index >= 15 is 0 Å². The molecule has 0 radical (unpaired) electrons. The number of imide groups is 2. The van der Waals surface area contributed by atoms with Crippen LogP contribution in [0.1, 0.15) is 11.1 Å². The number of hydrogen-bond acceptors (Lipinski definition) is 6. The van der Waals surface area contributed by atoms with Gasteiger partial charge in [0.2, 0.25) is 0 Å². The number of rotatable bonds is 7. The van der Waals surface area contributed by atoms with Crippen molar-refractivity contribution in [1.82, 2.24) is 5.32 Å². The van der Waals surface area contributed by atoms with E-state index in [9.17, 15) is 19.2 Å². The Kier molecular flexibility index (Phi) is 8.90. The minimum Gasteiger partial charge on any atom is -0.493 e. The second-order valence-electron chi connectivity index (χ2n) is 8.39. The lowest BCUT2D eigenvalue weighted by Crippen LogP contribution is -2.54. The zero-order valence-corrected chi connectivity index (χ0v) is 23.8. The number of halogens is 4. The van der Waals surface area contributed by atoms with E-state index in [0.717, 1.165) is 4.90 Å². The van der Waals surface area contributed by atoms with Crippen LogP contribution in [-0.2, 0) is 14.4 Å². The fraction of sp³-hybridized carbons (Fsp3) is 0.111. The maximum atomic E-state index is 13.3. The summed E-state index contributed by atoms with van der Waals surface area (Å²) in [6.45, 7) is 1.27. The Hall–Kier alpha value is -3.76. The van der Waals surface area contributed by atoms with E-state index in [1.807, 2.05) is 0 Å². The fourth-order valence-electron chi connectivity index (χ4n) is 3.74. The Morgan fingerprint density at radius 1 is 0.975 bits per heavy atom. The van der Waals surface area contributed by atoms with Gasteiger partial charge in [0, 0.05) is 10.7 Å². The number of barbiturate groups is 1. The number of nitrogens with one attached hydrogen (secondary N) is 2. The Morgan fingerprint density at radius 3 is 2.42 bits per heavy atom. The van der Waals surface area contributed by atoms with Crippen LogP contribution in [0.25, 0.3) is 6.08 Å². The van der Waals surface area contributed by atoms with Gasteiger partial charge in [0.05, 0.1) is 27.9 Å². The third kappa shape index (κ3) is 6.34. The summed E-state index contributed by atoms with van der Waals surface area (Å²) in [5.74, 6) is -2.06. The maximum Gasteiger partial charge on any atom is 0.335 e. The van der Waals surface area contributed by atoms with Gasteiger partial charge in [-0.3, -0.25) is 19.7 Å². The number of carbonyl (C=O) groups is 4. The van der Waals surface area contributed by atoms with Crippen LogP contribution >= 0.6 is 46.4 Å². The van der Waals surface area contributed by atoms with Gasteiger partial charge in [-0.2, -0.15) is 0 Å². The highest BCUT2D eigenvalue weighted by Gasteiger charge is 2.37. The molecule has 3 aromatic rings. The molecule has 0 unspecified atom stereocenters. The summed E-state index contributed by atoms with van der Waals surface area (Å²) in [5.41, 5.74) is 1.21. The number of urea groups is 1. The number of benzene rings is 3. The van der Waals surface area contributed by atoms with E-state index in [1.54, 1.807) is 25.1 Å². The van der Waals surface area contributed by atoms with Crippen molar-refractivity contribution in [3.8, 4) is 11.5 Å². The number of aryl methyl sites for hydroxylation is 1. The average molecular weight is 623 g/mol. The Balaban J connectivity index is 1.57. The first-order valence-electron chi connectivity index (χ1n) is 11.4. The third-order valence-corrected chi connectivity index (χ3v) is 6.88. The second kappa shape index (κ2) is 12.2. The molecule has 0 spiro atoms. The molecule has 1 aliphatic heterocycles. The molecule has 1 aliphatic rings. The summed E-state index contributed by atoms with van der Waals surface area (Å²) < 4.78 is 10.9. The maximum absolute atomic E-state index is 13.3. The highest BCUT2D eigenvalue weighted by atomic mass is 35.5. The van der Waals surface area contributed by atoms with E-state index in [1.165, 1.54) is 43.5 Å². The number of ether oxygens (including phenoxy) is 2. The number of methoxy groups -OCH3 is 1. The molecule has 0 saturated carbocycles. The lowest BCUT2D eigenvalue weighted by atomic mass is 10.1. The predicted octanol–water partition coefficient (Wildman–Crippen LogP) is 6.30. The summed E-state index contributed by atoms with van der Waals surface area (Å²) in [5, 5.41) is 5.73. The first-order valence-corrected chi connectivity index (χ1v) is 12.9. The van der Waals surface area contributed by atoms with Gasteiger partial charge in [-0.25, -0.2) is 9.69 Å². The van der Waals surface area contributed by atoms with E-state index in [0.29, 0.717) is 26.9 Å². The molecule has 2 N–H and O–H groups in total. The molecule has 206 valence electrons. The lowest BCUT2D eigenvalue weighted by molar-refractivity contribution is -0.122. The zero-order valence-electron chi connectivity index (χ0n) is 20.8. The average Bonchev–Trinajstić information content (AvgIpc) is 2.89. The first kappa shape index (κ1) is 29.2. The van der Waals surface area contributed by atoms with Gasteiger partial charge in [0.25, 0.3) is 17.7 Å². The van der Waals surface area contributed by atoms with Crippen molar-refractivity contribution < 1.29 is 28.7 Å². The SMILES string of the molecule is COc1cc(/C=C2\C(=O)NC(=O)N(c3cc(Cl)ccc3C)C2=O)cc(Cl)c1OCC(=O)Nc1ccc(Cl)c(Cl)c1. The Labute approximate surface area is 248 Å². The van der Waals surface area contributed by atoms with Gasteiger partial charge in [0.1, 0.15) is 5.57 Å². The molecule has 3 aromatic carbocycles. The zero-order chi connectivity index (χ0) is 29.1. The predicted molar refractivity (Wildman–Crippen MR) is 154 cm³/mol. The van der Waals surface area contributed by atoms with Crippen molar-refractivity contribution >= 4 is 87.6 Å². The van der Waals surface area contributed by atoms with Crippen LogP contribution < -0.4 is 25.0 Å². The van der Waals surface area contributed by atoms with Crippen LogP contribution in [-0.4, -0.2) is 37.5 Å². The number of carbonyl (C=O) groups excluding carboxylic acids is 4. The molecule has 0 aromatic heterocycles. The van der Waals surface area contributed by atoms with Gasteiger partial charge in [-0.1, -0.05) is 52.5 Å². The van der Waals surface area contributed by atoms with Crippen LogP contribution in [0.5, 0.6) is 11.5 Å². The largest absolute Gasteiger partial charge is 0.493 e. The smallest absolute Gasteiger partial charge is 0.335 e. The molecule has 4 rings (SSSR count). The molecular formula is C27H19Cl4N3O6. The summed E-state index contributed by atoms with van der Waals surface area (Å²) in [7, 11) is 1.35. The topological polar surface area (TPSA) is 114 Å². The molecule has 9 nitrogen and oxygen atoms in total. The highest BCUT2D eigenvalue weighted by Crippen LogP contribution is 2.37. The molecule has 0 atom stereocenters. The monoisotopic (exact) mass is 621 g/mol. The second-order valence-corrected chi connectivity index (χ2v) is 10.0.